The van der Waals surface area contributed by atoms with Gasteiger partial charge in [0.25, 0.3) is 11.5 Å². The summed E-state index contributed by atoms with van der Waals surface area (Å²) in [6.45, 7) is 4.44. The zero-order valence-electron chi connectivity index (χ0n) is 17.0. The van der Waals surface area contributed by atoms with E-state index >= 15 is 0 Å². The standard InChI is InChI=1S/C23H23N3O3S/c1-13-19-22(25-18-10-4-3-7-11-26(18)23(19)28)30-20(13)21(27)24-14(2)17-12-15-8-5-6-9-16(15)29-17/h5-6,8-9,12,14H,3-4,7,10-11H2,1-2H3,(H,24,27). The molecule has 4 aromatic rings. The van der Waals surface area contributed by atoms with Gasteiger partial charge in [-0.05, 0) is 44.4 Å². The molecule has 0 bridgehead atoms. The Morgan fingerprint density at radius 1 is 1.27 bits per heavy atom. The van der Waals surface area contributed by atoms with Crippen LogP contribution in [0.4, 0.5) is 0 Å². The summed E-state index contributed by atoms with van der Waals surface area (Å²) in [5.41, 5.74) is 1.49. The molecular formula is C23H23N3O3S. The number of carbonyl (C=O) groups excluding carboxylic acids is 1. The largest absolute Gasteiger partial charge is 0.459 e. The van der Waals surface area contributed by atoms with E-state index in [-0.39, 0.29) is 17.5 Å². The molecule has 0 saturated heterocycles. The van der Waals surface area contributed by atoms with Crippen LogP contribution in [0.3, 0.4) is 0 Å². The highest BCUT2D eigenvalue weighted by molar-refractivity contribution is 7.20. The topological polar surface area (TPSA) is 77.1 Å². The average molecular weight is 422 g/mol. The second-order valence-corrected chi connectivity index (χ2v) is 8.91. The van der Waals surface area contributed by atoms with Gasteiger partial charge in [-0.15, -0.1) is 11.3 Å². The van der Waals surface area contributed by atoms with E-state index in [9.17, 15) is 9.59 Å². The van der Waals surface area contributed by atoms with Crippen molar-refractivity contribution >= 4 is 38.4 Å². The van der Waals surface area contributed by atoms with Crippen molar-refractivity contribution in [1.82, 2.24) is 14.9 Å². The lowest BCUT2D eigenvalue weighted by atomic mass is 10.2. The van der Waals surface area contributed by atoms with Crippen molar-refractivity contribution in [3.63, 3.8) is 0 Å². The van der Waals surface area contributed by atoms with Crippen molar-refractivity contribution in [3.8, 4) is 0 Å². The lowest BCUT2D eigenvalue weighted by Crippen LogP contribution is -2.26. The highest BCUT2D eigenvalue weighted by Gasteiger charge is 2.24. The maximum atomic E-state index is 13.1. The van der Waals surface area contributed by atoms with Gasteiger partial charge in [-0.1, -0.05) is 24.6 Å². The minimum atomic E-state index is -0.291. The van der Waals surface area contributed by atoms with Gasteiger partial charge < -0.3 is 9.73 Å². The van der Waals surface area contributed by atoms with E-state index in [0.29, 0.717) is 33.0 Å². The molecule has 1 aliphatic heterocycles. The van der Waals surface area contributed by atoms with Gasteiger partial charge in [0, 0.05) is 18.4 Å². The first-order valence-corrected chi connectivity index (χ1v) is 11.2. The number of nitrogens with one attached hydrogen (secondary N) is 1. The number of fused-ring (bicyclic) bond motifs is 3. The Bertz CT molecular complexity index is 1300. The fraction of sp³-hybridized carbons (Fsp3) is 0.348. The monoisotopic (exact) mass is 421 g/mol. The molecule has 1 atom stereocenters. The number of rotatable bonds is 3. The molecule has 5 rings (SSSR count). The number of aryl methyl sites for hydroxylation is 2. The average Bonchev–Trinajstić information content (AvgIpc) is 3.22. The number of carbonyl (C=O) groups is 1. The van der Waals surface area contributed by atoms with Crippen molar-refractivity contribution in [2.24, 2.45) is 0 Å². The van der Waals surface area contributed by atoms with Crippen LogP contribution in [0.25, 0.3) is 21.2 Å². The van der Waals surface area contributed by atoms with Gasteiger partial charge in [0.05, 0.1) is 16.3 Å². The SMILES string of the molecule is Cc1c(C(=O)NC(C)c2cc3ccccc3o2)sc2nc3n(c(=O)c12)CCCCC3. The van der Waals surface area contributed by atoms with E-state index in [1.807, 2.05) is 44.2 Å². The Morgan fingerprint density at radius 2 is 2.10 bits per heavy atom. The lowest BCUT2D eigenvalue weighted by Gasteiger charge is -2.10. The summed E-state index contributed by atoms with van der Waals surface area (Å²) in [5, 5.41) is 4.60. The number of aromatic nitrogens is 2. The third-order valence-electron chi connectivity index (χ3n) is 5.84. The summed E-state index contributed by atoms with van der Waals surface area (Å²) < 4.78 is 7.68. The van der Waals surface area contributed by atoms with Gasteiger partial charge in [-0.2, -0.15) is 0 Å². The first kappa shape index (κ1) is 19.1. The Hall–Kier alpha value is -2.93. The third kappa shape index (κ3) is 3.13. The number of furan rings is 1. The van der Waals surface area contributed by atoms with E-state index in [0.717, 1.165) is 42.5 Å². The maximum Gasteiger partial charge on any atom is 0.262 e. The Kier molecular flexibility index (Phi) is 4.70. The molecular weight excluding hydrogens is 398 g/mol. The van der Waals surface area contributed by atoms with Gasteiger partial charge in [-0.25, -0.2) is 4.98 Å². The van der Waals surface area contributed by atoms with E-state index in [4.69, 9.17) is 9.40 Å². The second-order valence-electron chi connectivity index (χ2n) is 7.91. The van der Waals surface area contributed by atoms with Crippen molar-refractivity contribution in [1.29, 1.82) is 0 Å². The number of thiophene rings is 1. The summed E-state index contributed by atoms with van der Waals surface area (Å²) in [7, 11) is 0. The molecule has 1 unspecified atom stereocenters. The molecule has 0 aliphatic carbocycles. The Balaban J connectivity index is 1.48. The molecule has 1 aromatic carbocycles. The lowest BCUT2D eigenvalue weighted by molar-refractivity contribution is 0.0939. The fourth-order valence-corrected chi connectivity index (χ4v) is 5.27. The summed E-state index contributed by atoms with van der Waals surface area (Å²) in [4.78, 5) is 32.1. The molecule has 0 saturated carbocycles. The predicted molar refractivity (Wildman–Crippen MR) is 118 cm³/mol. The molecule has 4 heterocycles. The van der Waals surface area contributed by atoms with Gasteiger partial charge in [0.2, 0.25) is 0 Å². The van der Waals surface area contributed by atoms with E-state index in [1.54, 1.807) is 4.57 Å². The molecule has 6 nitrogen and oxygen atoms in total. The molecule has 3 aromatic heterocycles. The number of para-hydroxylation sites is 1. The van der Waals surface area contributed by atoms with Gasteiger partial charge in [0.15, 0.2) is 0 Å². The quantitative estimate of drug-likeness (QED) is 0.519. The summed E-state index contributed by atoms with van der Waals surface area (Å²) in [6, 6.07) is 9.43. The molecule has 30 heavy (non-hydrogen) atoms. The normalized spacial score (nSPS) is 15.1. The Morgan fingerprint density at radius 3 is 2.93 bits per heavy atom. The molecule has 1 amide bonds. The van der Waals surface area contributed by atoms with Crippen LogP contribution in [0.5, 0.6) is 0 Å². The highest BCUT2D eigenvalue weighted by atomic mass is 32.1. The minimum absolute atomic E-state index is 0.0185. The first-order valence-electron chi connectivity index (χ1n) is 10.3. The summed E-state index contributed by atoms with van der Waals surface area (Å²) in [5.74, 6) is 1.34. The van der Waals surface area contributed by atoms with Crippen LogP contribution in [0, 0.1) is 6.92 Å². The molecule has 7 heteroatoms. The number of hydrogen-bond acceptors (Lipinski definition) is 5. The molecule has 1 N–H and O–H groups in total. The van der Waals surface area contributed by atoms with Crippen molar-refractivity contribution in [2.75, 3.05) is 0 Å². The number of nitrogens with zero attached hydrogens (tertiary/aromatic N) is 2. The van der Waals surface area contributed by atoms with Crippen LogP contribution in [-0.2, 0) is 13.0 Å². The van der Waals surface area contributed by atoms with Crippen LogP contribution < -0.4 is 10.9 Å². The summed E-state index contributed by atoms with van der Waals surface area (Å²) >= 11 is 1.30. The van der Waals surface area contributed by atoms with Crippen molar-refractivity contribution in [2.45, 2.75) is 52.1 Å². The number of hydrogen-bond donors (Lipinski definition) is 1. The summed E-state index contributed by atoms with van der Waals surface area (Å²) in [6.07, 6.45) is 3.96. The molecule has 0 spiro atoms. The predicted octanol–water partition coefficient (Wildman–Crippen LogP) is 4.73. The van der Waals surface area contributed by atoms with Crippen LogP contribution in [0.2, 0.25) is 0 Å². The maximum absolute atomic E-state index is 13.1. The Labute approximate surface area is 177 Å². The molecule has 1 aliphatic rings. The van der Waals surface area contributed by atoms with E-state index in [2.05, 4.69) is 5.32 Å². The van der Waals surface area contributed by atoms with E-state index < -0.39 is 0 Å². The van der Waals surface area contributed by atoms with Crippen LogP contribution in [-0.4, -0.2) is 15.5 Å². The fourth-order valence-electron chi connectivity index (χ4n) is 4.18. The molecule has 0 fully saturated rings. The number of benzene rings is 1. The zero-order valence-corrected chi connectivity index (χ0v) is 17.8. The molecule has 0 radical (unpaired) electrons. The van der Waals surface area contributed by atoms with Gasteiger partial charge >= 0.3 is 0 Å². The molecule has 154 valence electrons. The van der Waals surface area contributed by atoms with Crippen molar-refractivity contribution in [3.05, 3.63) is 62.7 Å². The smallest absolute Gasteiger partial charge is 0.262 e. The highest BCUT2D eigenvalue weighted by Crippen LogP contribution is 2.29. The van der Waals surface area contributed by atoms with Crippen LogP contribution in [0.1, 0.15) is 59.0 Å². The van der Waals surface area contributed by atoms with Crippen LogP contribution in [0.15, 0.2) is 39.5 Å². The third-order valence-corrected chi connectivity index (χ3v) is 7.02. The first-order chi connectivity index (χ1) is 14.5. The minimum Gasteiger partial charge on any atom is -0.459 e. The van der Waals surface area contributed by atoms with Crippen LogP contribution >= 0.6 is 11.3 Å². The van der Waals surface area contributed by atoms with E-state index in [1.165, 1.54) is 11.3 Å². The van der Waals surface area contributed by atoms with Crippen molar-refractivity contribution < 1.29 is 9.21 Å². The zero-order chi connectivity index (χ0) is 20.8. The second kappa shape index (κ2) is 7.40. The van der Waals surface area contributed by atoms with Gasteiger partial charge in [0.1, 0.15) is 22.0 Å². The van der Waals surface area contributed by atoms with Gasteiger partial charge in [-0.3, -0.25) is 14.2 Å². The number of amides is 1.